The standard InChI is InChI=1S/C24H28FN3O4/c1-16(29)26-22(15-17-7-9-19(32-2)10-8-17)23(30)27-18-11-13-28(14-12-18)24(31)20-5-3-4-6-21(20)25/h3-10,18,22H,11-15H2,1-2H3,(H,26,29)(H,27,30)/t22-/m1/s1. The van der Waals surface area contributed by atoms with Crippen LogP contribution in [0.4, 0.5) is 4.39 Å². The van der Waals surface area contributed by atoms with Crippen LogP contribution in [-0.2, 0) is 16.0 Å². The molecule has 1 aliphatic rings. The van der Waals surface area contributed by atoms with E-state index in [9.17, 15) is 18.8 Å². The number of hydrogen-bond donors (Lipinski definition) is 2. The first-order valence-electron chi connectivity index (χ1n) is 10.6. The zero-order valence-corrected chi connectivity index (χ0v) is 18.3. The summed E-state index contributed by atoms with van der Waals surface area (Å²) in [7, 11) is 1.58. The Morgan fingerprint density at radius 1 is 1.09 bits per heavy atom. The topological polar surface area (TPSA) is 87.7 Å². The van der Waals surface area contributed by atoms with Gasteiger partial charge in [-0.1, -0.05) is 24.3 Å². The fourth-order valence-corrected chi connectivity index (χ4v) is 3.79. The molecule has 1 saturated heterocycles. The van der Waals surface area contributed by atoms with Crippen LogP contribution in [0.3, 0.4) is 0 Å². The number of rotatable bonds is 7. The smallest absolute Gasteiger partial charge is 0.256 e. The van der Waals surface area contributed by atoms with Crippen LogP contribution in [0.15, 0.2) is 48.5 Å². The molecule has 0 spiro atoms. The number of halogens is 1. The first kappa shape index (κ1) is 23.2. The Bertz CT molecular complexity index is 956. The molecule has 1 fully saturated rings. The van der Waals surface area contributed by atoms with Crippen molar-refractivity contribution in [2.75, 3.05) is 20.2 Å². The fourth-order valence-electron chi connectivity index (χ4n) is 3.79. The molecule has 32 heavy (non-hydrogen) atoms. The molecule has 3 rings (SSSR count). The van der Waals surface area contributed by atoms with Crippen molar-refractivity contribution in [1.29, 1.82) is 0 Å². The van der Waals surface area contributed by atoms with E-state index in [4.69, 9.17) is 4.74 Å². The number of ether oxygens (including phenoxy) is 1. The number of likely N-dealkylation sites (tertiary alicyclic amines) is 1. The van der Waals surface area contributed by atoms with Crippen LogP contribution < -0.4 is 15.4 Å². The van der Waals surface area contributed by atoms with E-state index in [0.29, 0.717) is 38.1 Å². The summed E-state index contributed by atoms with van der Waals surface area (Å²) >= 11 is 0. The van der Waals surface area contributed by atoms with Gasteiger partial charge in [-0.3, -0.25) is 14.4 Å². The highest BCUT2D eigenvalue weighted by Gasteiger charge is 2.28. The normalized spacial score (nSPS) is 15.0. The number of nitrogens with one attached hydrogen (secondary N) is 2. The van der Waals surface area contributed by atoms with Gasteiger partial charge in [0.25, 0.3) is 5.91 Å². The fraction of sp³-hybridized carbons (Fsp3) is 0.375. The van der Waals surface area contributed by atoms with Gasteiger partial charge in [-0.25, -0.2) is 4.39 Å². The van der Waals surface area contributed by atoms with Gasteiger partial charge in [-0.15, -0.1) is 0 Å². The molecular formula is C24H28FN3O4. The van der Waals surface area contributed by atoms with Crippen LogP contribution in [-0.4, -0.2) is 54.9 Å². The van der Waals surface area contributed by atoms with Crippen molar-refractivity contribution in [3.05, 3.63) is 65.5 Å². The summed E-state index contributed by atoms with van der Waals surface area (Å²) in [5.74, 6) is -0.724. The minimum absolute atomic E-state index is 0.0557. The molecule has 0 radical (unpaired) electrons. The molecule has 1 aliphatic heterocycles. The molecule has 1 heterocycles. The van der Waals surface area contributed by atoms with Crippen molar-refractivity contribution in [2.45, 2.75) is 38.3 Å². The molecule has 170 valence electrons. The number of piperidine rings is 1. The maximum atomic E-state index is 13.9. The van der Waals surface area contributed by atoms with E-state index in [-0.39, 0.29) is 29.3 Å². The van der Waals surface area contributed by atoms with E-state index in [1.54, 1.807) is 36.3 Å². The van der Waals surface area contributed by atoms with E-state index < -0.39 is 11.9 Å². The van der Waals surface area contributed by atoms with E-state index in [2.05, 4.69) is 10.6 Å². The summed E-state index contributed by atoms with van der Waals surface area (Å²) in [6.45, 7) is 2.21. The Morgan fingerprint density at radius 3 is 2.34 bits per heavy atom. The van der Waals surface area contributed by atoms with E-state index in [0.717, 1.165) is 5.56 Å². The van der Waals surface area contributed by atoms with Gasteiger partial charge in [0.2, 0.25) is 11.8 Å². The molecule has 2 N–H and O–H groups in total. The summed E-state index contributed by atoms with van der Waals surface area (Å²) in [4.78, 5) is 38.7. The first-order chi connectivity index (χ1) is 15.4. The van der Waals surface area contributed by atoms with E-state index >= 15 is 0 Å². The van der Waals surface area contributed by atoms with Gasteiger partial charge >= 0.3 is 0 Å². The lowest BCUT2D eigenvalue weighted by Gasteiger charge is -2.33. The van der Waals surface area contributed by atoms with Gasteiger partial charge in [0.1, 0.15) is 17.6 Å². The van der Waals surface area contributed by atoms with Gasteiger partial charge in [-0.2, -0.15) is 0 Å². The number of methoxy groups -OCH3 is 1. The highest BCUT2D eigenvalue weighted by atomic mass is 19.1. The monoisotopic (exact) mass is 441 g/mol. The van der Waals surface area contributed by atoms with Gasteiger partial charge in [0.15, 0.2) is 0 Å². The van der Waals surface area contributed by atoms with Gasteiger partial charge < -0.3 is 20.3 Å². The molecule has 1 atom stereocenters. The maximum absolute atomic E-state index is 13.9. The summed E-state index contributed by atoms with van der Waals surface area (Å²) in [5.41, 5.74) is 0.949. The Kier molecular flexibility index (Phi) is 7.81. The van der Waals surface area contributed by atoms with Crippen LogP contribution in [0.2, 0.25) is 0 Å². The van der Waals surface area contributed by atoms with Crippen molar-refractivity contribution in [3.8, 4) is 5.75 Å². The Hall–Kier alpha value is -3.42. The second kappa shape index (κ2) is 10.7. The van der Waals surface area contributed by atoms with Crippen LogP contribution in [0.25, 0.3) is 0 Å². The van der Waals surface area contributed by atoms with Crippen molar-refractivity contribution in [1.82, 2.24) is 15.5 Å². The molecule has 0 unspecified atom stereocenters. The predicted octanol–water partition coefficient (Wildman–Crippen LogP) is 2.30. The molecule has 7 nitrogen and oxygen atoms in total. The molecule has 0 bridgehead atoms. The molecule has 0 aromatic heterocycles. The molecule has 3 amide bonds. The predicted molar refractivity (Wildman–Crippen MR) is 118 cm³/mol. The number of carbonyl (C=O) groups is 3. The second-order valence-electron chi connectivity index (χ2n) is 7.86. The third-order valence-electron chi connectivity index (χ3n) is 5.53. The Balaban J connectivity index is 1.56. The number of benzene rings is 2. The zero-order valence-electron chi connectivity index (χ0n) is 18.3. The summed E-state index contributed by atoms with van der Waals surface area (Å²) in [5, 5.41) is 5.70. The average Bonchev–Trinajstić information content (AvgIpc) is 2.79. The Morgan fingerprint density at radius 2 is 1.75 bits per heavy atom. The average molecular weight is 442 g/mol. The number of amides is 3. The maximum Gasteiger partial charge on any atom is 0.256 e. The lowest BCUT2D eigenvalue weighted by molar-refractivity contribution is -0.128. The largest absolute Gasteiger partial charge is 0.497 e. The minimum atomic E-state index is -0.709. The van der Waals surface area contributed by atoms with Crippen molar-refractivity contribution in [2.24, 2.45) is 0 Å². The van der Waals surface area contributed by atoms with Gasteiger partial charge in [0.05, 0.1) is 12.7 Å². The molecule has 2 aromatic rings. The molecular weight excluding hydrogens is 413 g/mol. The second-order valence-corrected chi connectivity index (χ2v) is 7.86. The number of carbonyl (C=O) groups excluding carboxylic acids is 3. The number of hydrogen-bond acceptors (Lipinski definition) is 4. The summed E-state index contributed by atoms with van der Waals surface area (Å²) < 4.78 is 19.1. The molecule has 2 aromatic carbocycles. The van der Waals surface area contributed by atoms with Gasteiger partial charge in [0, 0.05) is 32.5 Å². The SMILES string of the molecule is COc1ccc(C[C@@H](NC(C)=O)C(=O)NC2CCN(C(=O)c3ccccc3F)CC2)cc1. The highest BCUT2D eigenvalue weighted by Crippen LogP contribution is 2.17. The summed E-state index contributed by atoms with van der Waals surface area (Å²) in [6, 6.07) is 12.4. The first-order valence-corrected chi connectivity index (χ1v) is 10.6. The molecule has 8 heteroatoms. The third kappa shape index (κ3) is 6.06. The third-order valence-corrected chi connectivity index (χ3v) is 5.53. The van der Waals surface area contributed by atoms with Crippen LogP contribution in [0.1, 0.15) is 35.7 Å². The number of nitrogens with zero attached hydrogens (tertiary/aromatic N) is 1. The van der Waals surface area contributed by atoms with Crippen molar-refractivity contribution < 1.29 is 23.5 Å². The molecule has 0 saturated carbocycles. The van der Waals surface area contributed by atoms with E-state index in [1.165, 1.54) is 19.1 Å². The van der Waals surface area contributed by atoms with Crippen molar-refractivity contribution in [3.63, 3.8) is 0 Å². The van der Waals surface area contributed by atoms with Crippen LogP contribution in [0.5, 0.6) is 5.75 Å². The lowest BCUT2D eigenvalue weighted by Crippen LogP contribution is -2.53. The van der Waals surface area contributed by atoms with Crippen LogP contribution >= 0.6 is 0 Å². The quantitative estimate of drug-likeness (QED) is 0.690. The van der Waals surface area contributed by atoms with Crippen LogP contribution in [0, 0.1) is 5.82 Å². The van der Waals surface area contributed by atoms with Crippen molar-refractivity contribution >= 4 is 17.7 Å². The van der Waals surface area contributed by atoms with Gasteiger partial charge in [-0.05, 0) is 42.7 Å². The zero-order chi connectivity index (χ0) is 23.1. The summed E-state index contributed by atoms with van der Waals surface area (Å²) in [6.07, 6.45) is 1.46. The van der Waals surface area contributed by atoms with E-state index in [1.807, 2.05) is 12.1 Å². The molecule has 0 aliphatic carbocycles. The highest BCUT2D eigenvalue weighted by molar-refractivity contribution is 5.94. The lowest BCUT2D eigenvalue weighted by atomic mass is 10.0. The minimum Gasteiger partial charge on any atom is -0.497 e. The Labute approximate surface area is 186 Å².